The first-order chi connectivity index (χ1) is 10.9. The summed E-state index contributed by atoms with van der Waals surface area (Å²) in [5, 5.41) is 10.0. The Morgan fingerprint density at radius 1 is 1.17 bits per heavy atom. The predicted molar refractivity (Wildman–Crippen MR) is 105 cm³/mol. The molecule has 24 heavy (non-hydrogen) atoms. The number of allylic oxidation sites excluding steroid dienone is 4. The Balaban J connectivity index is 0.00000208. The summed E-state index contributed by atoms with van der Waals surface area (Å²) in [6.45, 7) is 13.1. The lowest BCUT2D eigenvalue weighted by Crippen LogP contribution is -2.33. The van der Waals surface area contributed by atoms with Crippen molar-refractivity contribution in [2.45, 2.75) is 78.7 Å². The Morgan fingerprint density at radius 3 is 2.62 bits per heavy atom. The number of fused-ring (bicyclic) bond motifs is 1. The highest BCUT2D eigenvalue weighted by molar-refractivity contribution is 5.38. The zero-order valence-corrected chi connectivity index (χ0v) is 14.9. The van der Waals surface area contributed by atoms with E-state index in [0.29, 0.717) is 11.3 Å². The van der Waals surface area contributed by atoms with Crippen LogP contribution < -0.4 is 0 Å². The second-order valence-electron chi connectivity index (χ2n) is 8.25. The van der Waals surface area contributed by atoms with E-state index in [4.69, 9.17) is 0 Å². The van der Waals surface area contributed by atoms with Gasteiger partial charge < -0.3 is 5.11 Å². The minimum absolute atomic E-state index is 0. The molecule has 3 aliphatic carbocycles. The first-order valence-corrected chi connectivity index (χ1v) is 9.35. The number of rotatable bonds is 2. The van der Waals surface area contributed by atoms with E-state index in [1.807, 2.05) is 0 Å². The second kappa shape index (κ2) is 7.44. The maximum absolute atomic E-state index is 10.0. The standard InChI is InChI=1S/C22H32O.CH4/c1-15(2)19-12-13-20-18(8-6-14-22(19,20)4)11-10-17-7-5-9-21(23)16(17)3;/h10-11,19-21,23H,1,3,5-9,12-14H2,2,4H3;1H4/b17-10-,18-11+;. The summed E-state index contributed by atoms with van der Waals surface area (Å²) >= 11 is 0. The minimum atomic E-state index is -0.329. The highest BCUT2D eigenvalue weighted by Gasteiger charge is 2.49. The van der Waals surface area contributed by atoms with E-state index in [1.54, 1.807) is 5.57 Å². The summed E-state index contributed by atoms with van der Waals surface area (Å²) in [5.41, 5.74) is 5.62. The van der Waals surface area contributed by atoms with Gasteiger partial charge in [0.1, 0.15) is 0 Å². The number of hydrogen-bond acceptors (Lipinski definition) is 1. The van der Waals surface area contributed by atoms with Crippen LogP contribution in [0.2, 0.25) is 0 Å². The summed E-state index contributed by atoms with van der Waals surface area (Å²) in [6, 6.07) is 0. The SMILES string of the molecule is C.C=C1/C(=C\C=C2/CCCC3(C)C(C(=C)C)CCC23)CCCC1O. The summed E-state index contributed by atoms with van der Waals surface area (Å²) in [6.07, 6.45) is 13.8. The van der Waals surface area contributed by atoms with Gasteiger partial charge in [-0.1, -0.05) is 50.8 Å². The molecule has 0 spiro atoms. The van der Waals surface area contributed by atoms with Gasteiger partial charge in [0.05, 0.1) is 6.10 Å². The molecule has 1 nitrogen and oxygen atoms in total. The first-order valence-electron chi connectivity index (χ1n) is 9.35. The summed E-state index contributed by atoms with van der Waals surface area (Å²) in [5.74, 6) is 1.41. The molecule has 0 aromatic heterocycles. The zero-order chi connectivity index (χ0) is 16.6. The van der Waals surface area contributed by atoms with E-state index in [2.05, 4.69) is 39.2 Å². The lowest BCUT2D eigenvalue weighted by Gasteiger charge is -2.42. The highest BCUT2D eigenvalue weighted by Crippen LogP contribution is 2.59. The van der Waals surface area contributed by atoms with E-state index >= 15 is 0 Å². The van der Waals surface area contributed by atoms with Crippen molar-refractivity contribution in [1.82, 2.24) is 0 Å². The molecule has 0 amide bonds. The maximum atomic E-state index is 10.0. The molecule has 0 heterocycles. The van der Waals surface area contributed by atoms with Crippen LogP contribution in [0.15, 0.2) is 47.6 Å². The fourth-order valence-electron chi connectivity index (χ4n) is 5.48. The van der Waals surface area contributed by atoms with Crippen LogP contribution in [0, 0.1) is 17.3 Å². The van der Waals surface area contributed by atoms with Crippen molar-refractivity contribution in [1.29, 1.82) is 0 Å². The Labute approximate surface area is 149 Å². The van der Waals surface area contributed by atoms with Crippen LogP contribution in [0.1, 0.15) is 72.6 Å². The van der Waals surface area contributed by atoms with Gasteiger partial charge in [0.2, 0.25) is 0 Å². The maximum Gasteiger partial charge on any atom is 0.0787 e. The van der Waals surface area contributed by atoms with Crippen molar-refractivity contribution in [3.05, 3.63) is 47.6 Å². The van der Waals surface area contributed by atoms with Crippen LogP contribution >= 0.6 is 0 Å². The number of hydrogen-bond donors (Lipinski definition) is 1. The van der Waals surface area contributed by atoms with Gasteiger partial charge in [0.15, 0.2) is 0 Å². The average Bonchev–Trinajstić information content (AvgIpc) is 2.86. The van der Waals surface area contributed by atoms with Crippen molar-refractivity contribution >= 4 is 0 Å². The Bertz CT molecular complexity index is 565. The zero-order valence-electron chi connectivity index (χ0n) is 14.9. The molecule has 4 atom stereocenters. The fraction of sp³-hybridized carbons (Fsp3) is 0.652. The van der Waals surface area contributed by atoms with Crippen molar-refractivity contribution in [3.8, 4) is 0 Å². The van der Waals surface area contributed by atoms with Crippen LogP contribution in [-0.2, 0) is 0 Å². The van der Waals surface area contributed by atoms with Crippen molar-refractivity contribution < 1.29 is 5.11 Å². The van der Waals surface area contributed by atoms with Crippen LogP contribution in [-0.4, -0.2) is 11.2 Å². The lowest BCUT2D eigenvalue weighted by atomic mass is 9.62. The predicted octanol–water partition coefficient (Wildman–Crippen LogP) is 6.37. The van der Waals surface area contributed by atoms with Crippen LogP contribution in [0.3, 0.4) is 0 Å². The Hall–Kier alpha value is -1.08. The molecular formula is C23H36O. The van der Waals surface area contributed by atoms with E-state index < -0.39 is 0 Å². The van der Waals surface area contributed by atoms with E-state index in [-0.39, 0.29) is 13.5 Å². The number of aliphatic hydroxyl groups excluding tert-OH is 1. The molecule has 1 N–H and O–H groups in total. The molecule has 0 radical (unpaired) electrons. The third-order valence-electron chi connectivity index (χ3n) is 6.80. The Morgan fingerprint density at radius 2 is 1.92 bits per heavy atom. The molecule has 3 rings (SSSR count). The minimum Gasteiger partial charge on any atom is -0.388 e. The smallest absolute Gasteiger partial charge is 0.0787 e. The molecule has 4 unspecified atom stereocenters. The summed E-state index contributed by atoms with van der Waals surface area (Å²) in [4.78, 5) is 0. The highest BCUT2D eigenvalue weighted by atomic mass is 16.3. The Kier molecular flexibility index (Phi) is 5.96. The van der Waals surface area contributed by atoms with E-state index in [1.165, 1.54) is 43.3 Å². The average molecular weight is 329 g/mol. The van der Waals surface area contributed by atoms with Crippen LogP contribution in [0.4, 0.5) is 0 Å². The molecule has 3 saturated carbocycles. The molecule has 3 fully saturated rings. The number of aliphatic hydroxyl groups is 1. The lowest BCUT2D eigenvalue weighted by molar-refractivity contribution is 0.156. The van der Waals surface area contributed by atoms with Crippen molar-refractivity contribution in [2.75, 3.05) is 0 Å². The van der Waals surface area contributed by atoms with E-state index in [9.17, 15) is 5.11 Å². The van der Waals surface area contributed by atoms with Gasteiger partial charge in [-0.25, -0.2) is 0 Å². The monoisotopic (exact) mass is 328 g/mol. The topological polar surface area (TPSA) is 20.2 Å². The van der Waals surface area contributed by atoms with Gasteiger partial charge in [-0.2, -0.15) is 0 Å². The van der Waals surface area contributed by atoms with Gasteiger partial charge in [-0.15, -0.1) is 0 Å². The third kappa shape index (κ3) is 3.33. The molecule has 0 aromatic rings. The summed E-state index contributed by atoms with van der Waals surface area (Å²) < 4.78 is 0. The summed E-state index contributed by atoms with van der Waals surface area (Å²) in [7, 11) is 0. The van der Waals surface area contributed by atoms with Crippen LogP contribution in [0.5, 0.6) is 0 Å². The molecule has 1 heteroatoms. The van der Waals surface area contributed by atoms with Crippen LogP contribution in [0.25, 0.3) is 0 Å². The van der Waals surface area contributed by atoms with Crippen molar-refractivity contribution in [2.24, 2.45) is 17.3 Å². The molecular weight excluding hydrogens is 292 g/mol. The van der Waals surface area contributed by atoms with Gasteiger partial charge >= 0.3 is 0 Å². The fourth-order valence-corrected chi connectivity index (χ4v) is 5.48. The largest absolute Gasteiger partial charge is 0.388 e. The second-order valence-corrected chi connectivity index (χ2v) is 8.25. The van der Waals surface area contributed by atoms with E-state index in [0.717, 1.165) is 30.8 Å². The molecule has 0 saturated heterocycles. The normalized spacial score (nSPS) is 39.6. The van der Waals surface area contributed by atoms with Gasteiger partial charge in [0.25, 0.3) is 0 Å². The quantitative estimate of drug-likeness (QED) is 0.584. The third-order valence-corrected chi connectivity index (χ3v) is 6.80. The molecule has 0 aliphatic heterocycles. The van der Waals surface area contributed by atoms with Gasteiger partial charge in [0, 0.05) is 0 Å². The molecule has 134 valence electrons. The molecule has 0 bridgehead atoms. The van der Waals surface area contributed by atoms with Crippen molar-refractivity contribution in [3.63, 3.8) is 0 Å². The van der Waals surface area contributed by atoms with Gasteiger partial charge in [-0.05, 0) is 86.7 Å². The van der Waals surface area contributed by atoms with Gasteiger partial charge in [-0.3, -0.25) is 0 Å². The molecule has 3 aliphatic rings. The molecule has 0 aromatic carbocycles. The first kappa shape index (κ1) is 19.2.